The lowest BCUT2D eigenvalue weighted by atomic mass is 10.1. The molecule has 0 aliphatic rings. The molecule has 0 spiro atoms. The lowest BCUT2D eigenvalue weighted by Crippen LogP contribution is -2.41. The summed E-state index contributed by atoms with van der Waals surface area (Å²) < 4.78 is 0. The Hall–Kier alpha value is -3.00. The lowest BCUT2D eigenvalue weighted by Gasteiger charge is -2.15. The van der Waals surface area contributed by atoms with Gasteiger partial charge < -0.3 is 27.2 Å². The number of carbonyl (C=O) groups excluding carboxylic acids is 2. The number of aliphatic hydroxyl groups is 1. The van der Waals surface area contributed by atoms with E-state index >= 15 is 0 Å². The van der Waals surface area contributed by atoms with E-state index in [1.807, 2.05) is 48.5 Å². The molecular formula is C24H32N4O3. The Labute approximate surface area is 183 Å². The molecule has 0 heterocycles. The van der Waals surface area contributed by atoms with Crippen LogP contribution in [-0.4, -0.2) is 36.0 Å². The van der Waals surface area contributed by atoms with Crippen LogP contribution in [0.2, 0.25) is 0 Å². The van der Waals surface area contributed by atoms with Crippen molar-refractivity contribution in [3.8, 4) is 0 Å². The zero-order valence-electron chi connectivity index (χ0n) is 17.8. The van der Waals surface area contributed by atoms with Crippen LogP contribution in [-0.2, 0) is 29.1 Å². The molecule has 7 heteroatoms. The lowest BCUT2D eigenvalue weighted by molar-refractivity contribution is -0.127. The maximum atomic E-state index is 12.3. The second-order valence-electron chi connectivity index (χ2n) is 7.43. The molecule has 0 bridgehead atoms. The Bertz CT molecular complexity index is 863. The molecule has 0 unspecified atom stereocenters. The van der Waals surface area contributed by atoms with Crippen molar-refractivity contribution in [3.63, 3.8) is 0 Å². The summed E-state index contributed by atoms with van der Waals surface area (Å²) in [6.07, 6.45) is 0.877. The van der Waals surface area contributed by atoms with Crippen molar-refractivity contribution < 1.29 is 14.7 Å². The standard InChI is InChI=1S/C24H32N4O3/c1-17(26)21-8-6-20(7-9-21)15-28-24(31)11-10-23(30)22(16-29)27-13-12-18-2-4-19(14-25)5-3-18/h2-9,22,27,29H,1,10-16,25-26H2,(H,28,31)/t22-/m1/s1. The van der Waals surface area contributed by atoms with Crippen molar-refractivity contribution in [2.24, 2.45) is 11.5 Å². The summed E-state index contributed by atoms with van der Waals surface area (Å²) >= 11 is 0. The fraction of sp³-hybridized carbons (Fsp3) is 0.333. The van der Waals surface area contributed by atoms with Crippen molar-refractivity contribution in [1.29, 1.82) is 0 Å². The molecule has 0 radical (unpaired) electrons. The number of carbonyl (C=O) groups is 2. The zero-order valence-corrected chi connectivity index (χ0v) is 17.8. The van der Waals surface area contributed by atoms with Gasteiger partial charge >= 0.3 is 0 Å². The van der Waals surface area contributed by atoms with Crippen molar-refractivity contribution in [2.45, 2.75) is 38.4 Å². The van der Waals surface area contributed by atoms with E-state index in [2.05, 4.69) is 17.2 Å². The minimum atomic E-state index is -0.673. The first-order valence-corrected chi connectivity index (χ1v) is 10.4. The maximum Gasteiger partial charge on any atom is 0.220 e. The van der Waals surface area contributed by atoms with E-state index in [0.717, 1.165) is 28.7 Å². The summed E-state index contributed by atoms with van der Waals surface area (Å²) in [7, 11) is 0. The normalized spacial score (nSPS) is 11.7. The second-order valence-corrected chi connectivity index (χ2v) is 7.43. The third-order valence-corrected chi connectivity index (χ3v) is 5.05. The van der Waals surface area contributed by atoms with E-state index < -0.39 is 6.04 Å². The highest BCUT2D eigenvalue weighted by atomic mass is 16.3. The monoisotopic (exact) mass is 424 g/mol. The number of benzene rings is 2. The van der Waals surface area contributed by atoms with Gasteiger partial charge in [-0.1, -0.05) is 55.1 Å². The maximum absolute atomic E-state index is 12.3. The highest BCUT2D eigenvalue weighted by molar-refractivity contribution is 5.88. The largest absolute Gasteiger partial charge is 0.399 e. The van der Waals surface area contributed by atoms with E-state index in [9.17, 15) is 14.7 Å². The van der Waals surface area contributed by atoms with Crippen LogP contribution in [0.15, 0.2) is 55.1 Å². The molecule has 0 saturated carbocycles. The Morgan fingerprint density at radius 2 is 1.58 bits per heavy atom. The quantitative estimate of drug-likeness (QED) is 0.329. The predicted octanol–water partition coefficient (Wildman–Crippen LogP) is 1.23. The summed E-state index contributed by atoms with van der Waals surface area (Å²) in [5, 5.41) is 15.4. The number of hydrogen-bond acceptors (Lipinski definition) is 6. The number of Topliss-reactive ketones (excluding diaryl/α,β-unsaturated/α-hetero) is 1. The van der Waals surface area contributed by atoms with Crippen molar-refractivity contribution in [2.75, 3.05) is 13.2 Å². The van der Waals surface area contributed by atoms with Crippen LogP contribution in [0.4, 0.5) is 0 Å². The molecule has 0 aliphatic carbocycles. The first-order chi connectivity index (χ1) is 14.9. The van der Waals surface area contributed by atoms with E-state index in [-0.39, 0.29) is 31.1 Å². The summed E-state index contributed by atoms with van der Waals surface area (Å²) in [5.74, 6) is -0.390. The Kier molecular flexibility index (Phi) is 9.90. The van der Waals surface area contributed by atoms with Crippen LogP contribution in [0.5, 0.6) is 0 Å². The van der Waals surface area contributed by atoms with Crippen LogP contribution < -0.4 is 22.1 Å². The molecule has 0 saturated heterocycles. The number of nitrogens with one attached hydrogen (secondary N) is 2. The minimum Gasteiger partial charge on any atom is -0.399 e. The van der Waals surface area contributed by atoms with Gasteiger partial charge in [0.25, 0.3) is 0 Å². The fourth-order valence-corrected chi connectivity index (χ4v) is 3.05. The van der Waals surface area contributed by atoms with Gasteiger partial charge in [0.05, 0.1) is 12.6 Å². The first kappa shape index (κ1) is 24.3. The zero-order chi connectivity index (χ0) is 22.6. The number of hydrogen-bond donors (Lipinski definition) is 5. The van der Waals surface area contributed by atoms with E-state index in [0.29, 0.717) is 25.3 Å². The average molecular weight is 425 g/mol. The van der Waals surface area contributed by atoms with Crippen LogP contribution in [0.1, 0.15) is 35.1 Å². The smallest absolute Gasteiger partial charge is 0.220 e. The van der Waals surface area contributed by atoms with E-state index in [1.54, 1.807) is 0 Å². The molecule has 7 N–H and O–H groups in total. The molecule has 2 rings (SSSR count). The van der Waals surface area contributed by atoms with Crippen molar-refractivity contribution in [1.82, 2.24) is 10.6 Å². The Morgan fingerprint density at radius 1 is 0.968 bits per heavy atom. The number of rotatable bonds is 13. The topological polar surface area (TPSA) is 130 Å². The van der Waals surface area contributed by atoms with Crippen LogP contribution in [0.3, 0.4) is 0 Å². The van der Waals surface area contributed by atoms with Gasteiger partial charge in [-0.3, -0.25) is 9.59 Å². The van der Waals surface area contributed by atoms with Crippen LogP contribution in [0, 0.1) is 0 Å². The minimum absolute atomic E-state index is 0.0706. The molecule has 0 aliphatic heterocycles. The highest BCUT2D eigenvalue weighted by Gasteiger charge is 2.17. The van der Waals surface area contributed by atoms with Crippen molar-refractivity contribution in [3.05, 3.63) is 77.4 Å². The van der Waals surface area contributed by atoms with Gasteiger partial charge in [0, 0.05) is 31.6 Å². The first-order valence-electron chi connectivity index (χ1n) is 10.4. The van der Waals surface area contributed by atoms with Gasteiger partial charge in [0.1, 0.15) is 0 Å². The number of aliphatic hydroxyl groups excluding tert-OH is 1. The van der Waals surface area contributed by atoms with Crippen molar-refractivity contribution >= 4 is 17.4 Å². The second kappa shape index (κ2) is 12.6. The molecule has 166 valence electrons. The molecule has 1 atom stereocenters. The van der Waals surface area contributed by atoms with E-state index in [4.69, 9.17) is 11.5 Å². The molecule has 0 fully saturated rings. The van der Waals surface area contributed by atoms with Gasteiger partial charge in [-0.05, 0) is 35.2 Å². The third-order valence-electron chi connectivity index (χ3n) is 5.05. The van der Waals surface area contributed by atoms with Gasteiger partial charge in [-0.2, -0.15) is 0 Å². The number of nitrogens with two attached hydrogens (primary N) is 2. The number of amides is 1. The van der Waals surface area contributed by atoms with Gasteiger partial charge in [-0.15, -0.1) is 0 Å². The van der Waals surface area contributed by atoms with Crippen LogP contribution in [0.25, 0.3) is 5.70 Å². The summed E-state index contributed by atoms with van der Waals surface area (Å²) in [6, 6.07) is 14.7. The molecule has 7 nitrogen and oxygen atoms in total. The summed E-state index contributed by atoms with van der Waals surface area (Å²) in [5.41, 5.74) is 15.7. The summed E-state index contributed by atoms with van der Waals surface area (Å²) in [6.45, 7) is 4.81. The molecule has 2 aromatic rings. The SMILES string of the molecule is C=C(N)c1ccc(CNC(=O)CCC(=O)[C@@H](CO)NCCc2ccc(CN)cc2)cc1. The third kappa shape index (κ3) is 8.33. The van der Waals surface area contributed by atoms with Crippen LogP contribution >= 0.6 is 0 Å². The highest BCUT2D eigenvalue weighted by Crippen LogP contribution is 2.09. The molecule has 0 aromatic heterocycles. The molecule has 2 aromatic carbocycles. The van der Waals surface area contributed by atoms with Gasteiger partial charge in [0.15, 0.2) is 5.78 Å². The molecular weight excluding hydrogens is 392 g/mol. The Balaban J connectivity index is 1.69. The Morgan fingerprint density at radius 3 is 2.16 bits per heavy atom. The fourth-order valence-electron chi connectivity index (χ4n) is 3.05. The average Bonchev–Trinajstić information content (AvgIpc) is 2.79. The predicted molar refractivity (Wildman–Crippen MR) is 123 cm³/mol. The van der Waals surface area contributed by atoms with Gasteiger partial charge in [0.2, 0.25) is 5.91 Å². The molecule has 1 amide bonds. The molecule has 31 heavy (non-hydrogen) atoms. The number of ketones is 1. The van der Waals surface area contributed by atoms with E-state index in [1.165, 1.54) is 0 Å². The van der Waals surface area contributed by atoms with Gasteiger partial charge in [-0.25, -0.2) is 0 Å². The summed E-state index contributed by atoms with van der Waals surface area (Å²) in [4.78, 5) is 24.4.